The van der Waals surface area contributed by atoms with Gasteiger partial charge in [-0.2, -0.15) is 0 Å². The molecule has 3 rings (SSSR count). The minimum atomic E-state index is -0.589. The molecule has 0 aliphatic carbocycles. The molecule has 6 heteroatoms. The molecule has 2 heterocycles. The van der Waals surface area contributed by atoms with E-state index in [9.17, 15) is 14.4 Å². The van der Waals surface area contributed by atoms with Crippen LogP contribution in [0.2, 0.25) is 0 Å². The van der Waals surface area contributed by atoms with Crippen molar-refractivity contribution in [3.05, 3.63) is 30.3 Å². The van der Waals surface area contributed by atoms with E-state index in [2.05, 4.69) is 6.92 Å². The lowest BCUT2D eigenvalue weighted by Gasteiger charge is -2.31. The van der Waals surface area contributed by atoms with E-state index >= 15 is 0 Å². The summed E-state index contributed by atoms with van der Waals surface area (Å²) in [5.41, 5.74) is 0.671. The number of imide groups is 1. The maximum absolute atomic E-state index is 12.7. The zero-order chi connectivity index (χ0) is 17.3. The van der Waals surface area contributed by atoms with Gasteiger partial charge in [0, 0.05) is 18.8 Å². The average molecular weight is 329 g/mol. The number of benzene rings is 1. The van der Waals surface area contributed by atoms with Gasteiger partial charge >= 0.3 is 6.03 Å². The molecule has 1 aromatic rings. The summed E-state index contributed by atoms with van der Waals surface area (Å²) in [7, 11) is 0. The van der Waals surface area contributed by atoms with E-state index in [4.69, 9.17) is 0 Å². The Morgan fingerprint density at radius 2 is 1.71 bits per heavy atom. The number of para-hydroxylation sites is 1. The molecule has 1 atom stereocenters. The fourth-order valence-electron chi connectivity index (χ4n) is 3.29. The Morgan fingerprint density at radius 1 is 1.08 bits per heavy atom. The Hall–Kier alpha value is -2.37. The largest absolute Gasteiger partial charge is 0.341 e. The third kappa shape index (κ3) is 3.00. The van der Waals surface area contributed by atoms with Crippen molar-refractivity contribution in [2.45, 2.75) is 32.7 Å². The number of piperidine rings is 1. The second-order valence-corrected chi connectivity index (χ2v) is 6.65. The van der Waals surface area contributed by atoms with Crippen LogP contribution in [-0.4, -0.2) is 53.3 Å². The van der Waals surface area contributed by atoms with Gasteiger partial charge in [0.1, 0.15) is 12.6 Å². The number of likely N-dealkylation sites (tertiary alicyclic amines) is 1. The number of anilines is 1. The molecule has 24 heavy (non-hydrogen) atoms. The van der Waals surface area contributed by atoms with Crippen molar-refractivity contribution in [2.75, 3.05) is 24.5 Å². The molecule has 0 unspecified atom stereocenters. The molecule has 0 spiro atoms. The third-order valence-electron chi connectivity index (χ3n) is 4.91. The van der Waals surface area contributed by atoms with Gasteiger partial charge in [-0.1, -0.05) is 25.1 Å². The fourth-order valence-corrected chi connectivity index (χ4v) is 3.29. The van der Waals surface area contributed by atoms with E-state index in [1.54, 1.807) is 24.0 Å². The Kier molecular flexibility index (Phi) is 4.55. The molecule has 128 valence electrons. The summed E-state index contributed by atoms with van der Waals surface area (Å²) in [6, 6.07) is 8.07. The van der Waals surface area contributed by atoms with Gasteiger partial charge in [0.15, 0.2) is 0 Å². The van der Waals surface area contributed by atoms with Crippen molar-refractivity contribution in [1.29, 1.82) is 0 Å². The lowest BCUT2D eigenvalue weighted by Crippen LogP contribution is -2.46. The predicted molar refractivity (Wildman–Crippen MR) is 90.5 cm³/mol. The summed E-state index contributed by atoms with van der Waals surface area (Å²) in [4.78, 5) is 41.9. The van der Waals surface area contributed by atoms with Crippen LogP contribution in [0.4, 0.5) is 10.5 Å². The lowest BCUT2D eigenvalue weighted by molar-refractivity contribution is -0.138. The highest BCUT2D eigenvalue weighted by Crippen LogP contribution is 2.25. The quantitative estimate of drug-likeness (QED) is 0.798. The smallest absolute Gasteiger partial charge is 0.332 e. The molecule has 0 N–H and O–H groups in total. The van der Waals surface area contributed by atoms with Crippen LogP contribution in [0.5, 0.6) is 0 Å². The van der Waals surface area contributed by atoms with Crippen molar-refractivity contribution >= 4 is 23.5 Å². The maximum atomic E-state index is 12.7. The van der Waals surface area contributed by atoms with Gasteiger partial charge in [0.05, 0.1) is 0 Å². The van der Waals surface area contributed by atoms with Crippen LogP contribution in [0.25, 0.3) is 0 Å². The molecule has 4 amide bonds. The number of rotatable bonds is 3. The molecule has 2 aliphatic rings. The number of urea groups is 1. The molecule has 0 aromatic heterocycles. The van der Waals surface area contributed by atoms with Crippen LogP contribution < -0.4 is 4.90 Å². The minimum Gasteiger partial charge on any atom is -0.341 e. The Labute approximate surface area is 142 Å². The first-order valence-corrected chi connectivity index (χ1v) is 8.46. The molecular formula is C18H23N3O3. The first-order chi connectivity index (χ1) is 11.5. The van der Waals surface area contributed by atoms with Crippen molar-refractivity contribution in [2.24, 2.45) is 5.92 Å². The van der Waals surface area contributed by atoms with Crippen LogP contribution >= 0.6 is 0 Å². The fraction of sp³-hybridized carbons (Fsp3) is 0.500. The highest BCUT2D eigenvalue weighted by atomic mass is 16.2. The van der Waals surface area contributed by atoms with Gasteiger partial charge in [0.25, 0.3) is 5.91 Å². The monoisotopic (exact) mass is 329 g/mol. The number of hydrogen-bond donors (Lipinski definition) is 0. The van der Waals surface area contributed by atoms with Gasteiger partial charge in [-0.3, -0.25) is 19.4 Å². The number of carbonyl (C=O) groups is 3. The molecule has 0 saturated carbocycles. The molecule has 0 bridgehead atoms. The number of hydrogen-bond acceptors (Lipinski definition) is 3. The lowest BCUT2D eigenvalue weighted by atomic mass is 9.99. The van der Waals surface area contributed by atoms with Crippen LogP contribution in [0.3, 0.4) is 0 Å². The topological polar surface area (TPSA) is 60.9 Å². The van der Waals surface area contributed by atoms with E-state index in [-0.39, 0.29) is 18.4 Å². The highest BCUT2D eigenvalue weighted by Gasteiger charge is 2.44. The van der Waals surface area contributed by atoms with Crippen molar-refractivity contribution < 1.29 is 14.4 Å². The van der Waals surface area contributed by atoms with E-state index in [1.807, 2.05) is 18.2 Å². The number of amides is 4. The average Bonchev–Trinajstić information content (AvgIpc) is 2.80. The van der Waals surface area contributed by atoms with Crippen LogP contribution in [0, 0.1) is 5.92 Å². The zero-order valence-corrected chi connectivity index (χ0v) is 14.1. The molecule has 6 nitrogen and oxygen atoms in total. The molecule has 2 aliphatic heterocycles. The predicted octanol–water partition coefficient (Wildman–Crippen LogP) is 2.10. The van der Waals surface area contributed by atoms with E-state index < -0.39 is 12.1 Å². The van der Waals surface area contributed by atoms with E-state index in [1.165, 1.54) is 4.90 Å². The SMILES string of the molecule is CC1CCN(C(=O)CN2C(=O)[C@H](C)N(c3ccccc3)C2=O)CC1. The Balaban J connectivity index is 1.71. The summed E-state index contributed by atoms with van der Waals surface area (Å²) in [6.45, 7) is 5.11. The molecule has 2 saturated heterocycles. The van der Waals surface area contributed by atoms with Gasteiger partial charge in [-0.25, -0.2) is 4.79 Å². The van der Waals surface area contributed by atoms with Gasteiger partial charge in [0.2, 0.25) is 5.91 Å². The van der Waals surface area contributed by atoms with Crippen LogP contribution in [-0.2, 0) is 9.59 Å². The first kappa shape index (κ1) is 16.5. The summed E-state index contributed by atoms with van der Waals surface area (Å²) in [5, 5.41) is 0. The maximum Gasteiger partial charge on any atom is 0.332 e. The summed E-state index contributed by atoms with van der Waals surface area (Å²) in [6.07, 6.45) is 1.94. The van der Waals surface area contributed by atoms with E-state index in [0.29, 0.717) is 24.7 Å². The van der Waals surface area contributed by atoms with Gasteiger partial charge < -0.3 is 4.90 Å². The molecule has 0 radical (unpaired) electrons. The van der Waals surface area contributed by atoms with Crippen molar-refractivity contribution in [3.63, 3.8) is 0 Å². The van der Waals surface area contributed by atoms with E-state index in [0.717, 1.165) is 17.7 Å². The Morgan fingerprint density at radius 3 is 2.33 bits per heavy atom. The van der Waals surface area contributed by atoms with Crippen LogP contribution in [0.15, 0.2) is 30.3 Å². The number of carbonyl (C=O) groups excluding carboxylic acids is 3. The Bertz CT molecular complexity index is 638. The second kappa shape index (κ2) is 6.63. The summed E-state index contributed by atoms with van der Waals surface area (Å²) in [5.74, 6) is 0.158. The summed E-state index contributed by atoms with van der Waals surface area (Å²) < 4.78 is 0. The first-order valence-electron chi connectivity index (χ1n) is 8.46. The summed E-state index contributed by atoms with van der Waals surface area (Å²) >= 11 is 0. The normalized spacial score (nSPS) is 22.4. The van der Waals surface area contributed by atoms with Crippen molar-refractivity contribution in [3.8, 4) is 0 Å². The highest BCUT2D eigenvalue weighted by molar-refractivity contribution is 6.15. The number of nitrogens with zero attached hydrogens (tertiary/aromatic N) is 3. The molecular weight excluding hydrogens is 306 g/mol. The van der Waals surface area contributed by atoms with Crippen molar-refractivity contribution in [1.82, 2.24) is 9.80 Å². The third-order valence-corrected chi connectivity index (χ3v) is 4.91. The standard InChI is InChI=1S/C18H23N3O3/c1-13-8-10-19(11-9-13)16(22)12-20-17(23)14(2)21(18(20)24)15-6-4-3-5-7-15/h3-7,13-14H,8-12H2,1-2H3/t14-/m0/s1. The molecule has 1 aromatic carbocycles. The minimum absolute atomic E-state index is 0.147. The zero-order valence-electron chi connectivity index (χ0n) is 14.1. The second-order valence-electron chi connectivity index (χ2n) is 6.65. The molecule has 2 fully saturated rings. The van der Waals surface area contributed by atoms with Gasteiger partial charge in [-0.05, 0) is 37.8 Å². The van der Waals surface area contributed by atoms with Crippen LogP contribution in [0.1, 0.15) is 26.7 Å². The van der Waals surface area contributed by atoms with Gasteiger partial charge in [-0.15, -0.1) is 0 Å².